The third kappa shape index (κ3) is 6.40. The summed E-state index contributed by atoms with van der Waals surface area (Å²) in [5.41, 5.74) is 1.58. The normalized spacial score (nSPS) is 19.2. The highest BCUT2D eigenvalue weighted by molar-refractivity contribution is 5.98. The van der Waals surface area contributed by atoms with Crippen molar-refractivity contribution in [2.75, 3.05) is 72.1 Å². The summed E-state index contributed by atoms with van der Waals surface area (Å²) in [6.45, 7) is 5.06. The molecule has 2 N–H and O–H groups in total. The minimum absolute atomic E-state index is 0.157. The second kappa shape index (κ2) is 12.4. The zero-order chi connectivity index (χ0) is 28.1. The van der Waals surface area contributed by atoms with Crippen molar-refractivity contribution in [1.29, 1.82) is 0 Å². The summed E-state index contributed by atoms with van der Waals surface area (Å²) in [6.07, 6.45) is -0.165. The minimum atomic E-state index is -0.884. The molecule has 12 nitrogen and oxygen atoms in total. The molecule has 40 heavy (non-hydrogen) atoms. The van der Waals surface area contributed by atoms with Crippen LogP contribution < -0.4 is 29.6 Å². The number of hydrogen-bond donors (Lipinski definition) is 2. The molecule has 0 spiro atoms. The molecule has 2 aromatic carbocycles. The summed E-state index contributed by atoms with van der Waals surface area (Å²) in [7, 11) is 3.03. The van der Waals surface area contributed by atoms with Gasteiger partial charge < -0.3 is 34.5 Å². The number of carbonyl (C=O) groups excluding carboxylic acids is 3. The molecule has 0 saturated carbocycles. The largest absolute Gasteiger partial charge is 0.497 e. The van der Waals surface area contributed by atoms with Gasteiger partial charge in [-0.2, -0.15) is 0 Å². The summed E-state index contributed by atoms with van der Waals surface area (Å²) in [5, 5.41) is 5.57. The molecule has 1 unspecified atom stereocenters. The van der Waals surface area contributed by atoms with Crippen LogP contribution in [0.2, 0.25) is 0 Å². The maximum Gasteiger partial charge on any atom is 0.243 e. The number of piperazine rings is 2. The van der Waals surface area contributed by atoms with Crippen LogP contribution >= 0.6 is 0 Å². The van der Waals surface area contributed by atoms with Gasteiger partial charge in [0.1, 0.15) is 17.5 Å². The number of nitrogens with zero attached hydrogens (tertiary/aromatic N) is 3. The highest BCUT2D eigenvalue weighted by Gasteiger charge is 2.35. The molecule has 3 heterocycles. The first-order valence-corrected chi connectivity index (χ1v) is 13.4. The molecule has 5 rings (SSSR count). The number of amides is 3. The van der Waals surface area contributed by atoms with Crippen molar-refractivity contribution in [3.63, 3.8) is 0 Å². The summed E-state index contributed by atoms with van der Waals surface area (Å²) < 4.78 is 21.4. The van der Waals surface area contributed by atoms with E-state index in [4.69, 9.17) is 18.9 Å². The van der Waals surface area contributed by atoms with E-state index in [1.807, 2.05) is 18.2 Å². The molecule has 3 aliphatic rings. The van der Waals surface area contributed by atoms with Gasteiger partial charge in [-0.15, -0.1) is 0 Å². The lowest BCUT2D eigenvalue weighted by atomic mass is 10.1. The molecule has 12 heteroatoms. The van der Waals surface area contributed by atoms with E-state index in [-0.39, 0.29) is 31.6 Å². The van der Waals surface area contributed by atoms with Crippen LogP contribution in [0.1, 0.15) is 12.0 Å². The molecule has 0 bridgehead atoms. The van der Waals surface area contributed by atoms with Crippen molar-refractivity contribution in [3.05, 3.63) is 42.0 Å². The predicted octanol–water partition coefficient (Wildman–Crippen LogP) is 0.906. The molecule has 1 atom stereocenters. The molecule has 3 amide bonds. The summed E-state index contributed by atoms with van der Waals surface area (Å²) in [5.74, 6) is 1.68. The topological polar surface area (TPSA) is 122 Å². The average Bonchev–Trinajstić information content (AvgIpc) is 3.43. The lowest BCUT2D eigenvalue weighted by Gasteiger charge is -2.38. The molecule has 214 valence electrons. The highest BCUT2D eigenvalue weighted by Crippen LogP contribution is 2.33. The fourth-order valence-electron chi connectivity index (χ4n) is 5.19. The molecular weight excluding hydrogens is 518 g/mol. The van der Waals surface area contributed by atoms with Crippen LogP contribution in [0.4, 0.5) is 5.69 Å². The van der Waals surface area contributed by atoms with Gasteiger partial charge in [-0.1, -0.05) is 6.07 Å². The van der Waals surface area contributed by atoms with Crippen molar-refractivity contribution < 1.29 is 33.3 Å². The van der Waals surface area contributed by atoms with Gasteiger partial charge in [0.25, 0.3) is 0 Å². The number of ether oxygens (including phenoxy) is 4. The van der Waals surface area contributed by atoms with E-state index in [0.29, 0.717) is 30.3 Å². The Morgan fingerprint density at radius 1 is 0.975 bits per heavy atom. The SMILES string of the molecule is COc1ccc(OC)c(NC(=O)CC2C(=O)NCCN2C(=O)CN2CCN(Cc3ccc4c(c3)OCO4)CC2)c1. The molecule has 2 aromatic rings. The summed E-state index contributed by atoms with van der Waals surface area (Å²) >= 11 is 0. The van der Waals surface area contributed by atoms with E-state index < -0.39 is 11.9 Å². The number of hydrogen-bond acceptors (Lipinski definition) is 9. The quantitative estimate of drug-likeness (QED) is 0.467. The first-order valence-electron chi connectivity index (χ1n) is 13.4. The number of fused-ring (bicyclic) bond motifs is 1. The van der Waals surface area contributed by atoms with Crippen molar-refractivity contribution >= 4 is 23.4 Å². The molecule has 2 fully saturated rings. The van der Waals surface area contributed by atoms with Gasteiger partial charge in [-0.3, -0.25) is 24.2 Å². The van der Waals surface area contributed by atoms with E-state index >= 15 is 0 Å². The van der Waals surface area contributed by atoms with Crippen molar-refractivity contribution in [1.82, 2.24) is 20.0 Å². The maximum absolute atomic E-state index is 13.3. The Labute approximate surface area is 233 Å². The third-order valence-corrected chi connectivity index (χ3v) is 7.38. The molecular formula is C28H35N5O7. The van der Waals surface area contributed by atoms with Crippen LogP contribution in [0, 0.1) is 0 Å². The number of rotatable bonds is 9. The van der Waals surface area contributed by atoms with E-state index in [2.05, 4.69) is 20.4 Å². The number of anilines is 1. The molecule has 2 saturated heterocycles. The van der Waals surface area contributed by atoms with Crippen LogP contribution in [0.25, 0.3) is 0 Å². The van der Waals surface area contributed by atoms with Gasteiger partial charge >= 0.3 is 0 Å². The molecule has 0 aromatic heterocycles. The number of carbonyl (C=O) groups is 3. The Morgan fingerprint density at radius 3 is 2.52 bits per heavy atom. The maximum atomic E-state index is 13.3. The summed E-state index contributed by atoms with van der Waals surface area (Å²) in [6, 6.07) is 10.2. The number of benzene rings is 2. The highest BCUT2D eigenvalue weighted by atomic mass is 16.7. The van der Waals surface area contributed by atoms with E-state index in [1.54, 1.807) is 18.2 Å². The number of nitrogens with one attached hydrogen (secondary N) is 2. The zero-order valence-corrected chi connectivity index (χ0v) is 22.8. The Hall–Kier alpha value is -4.03. The Morgan fingerprint density at radius 2 is 1.75 bits per heavy atom. The Kier molecular flexibility index (Phi) is 8.56. The van der Waals surface area contributed by atoms with Crippen LogP contribution in [0.3, 0.4) is 0 Å². The second-order valence-corrected chi connectivity index (χ2v) is 9.95. The number of methoxy groups -OCH3 is 2. The van der Waals surface area contributed by atoms with Gasteiger partial charge in [0.15, 0.2) is 11.5 Å². The van der Waals surface area contributed by atoms with E-state index in [1.165, 1.54) is 19.1 Å². The first kappa shape index (κ1) is 27.5. The minimum Gasteiger partial charge on any atom is -0.497 e. The first-order chi connectivity index (χ1) is 19.4. The zero-order valence-electron chi connectivity index (χ0n) is 22.8. The summed E-state index contributed by atoms with van der Waals surface area (Å²) in [4.78, 5) is 45.0. The van der Waals surface area contributed by atoms with E-state index in [9.17, 15) is 14.4 Å². The predicted molar refractivity (Wildman–Crippen MR) is 146 cm³/mol. The van der Waals surface area contributed by atoms with Crippen LogP contribution in [0.15, 0.2) is 36.4 Å². The molecule has 0 aliphatic carbocycles. The van der Waals surface area contributed by atoms with Gasteiger partial charge in [0, 0.05) is 51.9 Å². The van der Waals surface area contributed by atoms with Gasteiger partial charge in [-0.05, 0) is 29.8 Å². The average molecular weight is 554 g/mol. The van der Waals surface area contributed by atoms with Crippen LogP contribution in [-0.2, 0) is 20.9 Å². The van der Waals surface area contributed by atoms with Gasteiger partial charge in [0.05, 0.1) is 32.9 Å². The van der Waals surface area contributed by atoms with Crippen molar-refractivity contribution in [3.8, 4) is 23.0 Å². The van der Waals surface area contributed by atoms with Crippen LogP contribution in [-0.4, -0.2) is 105 Å². The van der Waals surface area contributed by atoms with Crippen molar-refractivity contribution in [2.24, 2.45) is 0 Å². The Balaban J connectivity index is 1.14. The fraction of sp³-hybridized carbons (Fsp3) is 0.464. The Bertz CT molecular complexity index is 1250. The molecule has 3 aliphatic heterocycles. The lowest BCUT2D eigenvalue weighted by molar-refractivity contribution is -0.145. The van der Waals surface area contributed by atoms with Gasteiger partial charge in [0.2, 0.25) is 24.5 Å². The second-order valence-electron chi connectivity index (χ2n) is 9.95. The monoisotopic (exact) mass is 553 g/mol. The third-order valence-electron chi connectivity index (χ3n) is 7.38. The van der Waals surface area contributed by atoms with Crippen LogP contribution in [0.5, 0.6) is 23.0 Å². The standard InChI is InChI=1S/C28H35N5O7/c1-37-20-4-6-23(38-2)21(14-20)30-26(34)15-22-28(36)29-7-8-33(22)27(35)17-32-11-9-31(10-12-32)16-19-3-5-24-25(13-19)40-18-39-24/h3-6,13-14,22H,7-12,15-18H2,1-2H3,(H,29,36)(H,30,34). The fourth-order valence-corrected chi connectivity index (χ4v) is 5.19. The lowest BCUT2D eigenvalue weighted by Crippen LogP contribution is -2.60. The van der Waals surface area contributed by atoms with Gasteiger partial charge in [-0.25, -0.2) is 0 Å². The molecule has 0 radical (unpaired) electrons. The van der Waals surface area contributed by atoms with Crippen molar-refractivity contribution in [2.45, 2.75) is 19.0 Å². The smallest absolute Gasteiger partial charge is 0.243 e. The van der Waals surface area contributed by atoms with E-state index in [0.717, 1.165) is 49.8 Å².